The number of nitrogens with zero attached hydrogens (tertiary/aromatic N) is 3. The average Bonchev–Trinajstić information content (AvgIpc) is 2.99. The molecule has 0 aliphatic rings. The monoisotopic (exact) mass is 568 g/mol. The molecule has 0 radical (unpaired) electrons. The standard InChI is InChI=1S/C33H33ClN4OS/c1-3-21-38(22-4-2)31-23-30(34)36-33(37-31)40-24-25-15-17-28(18-16-25)32(39)35-20-19-29(26-11-7-5-8-12-26)27-13-9-6-10-14-27/h3-18,23,29H,1-2,19-22,24H2,(H,35,39). The fourth-order valence-corrected chi connectivity index (χ4v) is 5.45. The lowest BCUT2D eigenvalue weighted by Gasteiger charge is -2.20. The fourth-order valence-electron chi connectivity index (χ4n) is 4.41. The van der Waals surface area contributed by atoms with Crippen LogP contribution in [0.1, 0.15) is 39.4 Å². The van der Waals surface area contributed by atoms with Gasteiger partial charge in [0.25, 0.3) is 5.91 Å². The molecule has 0 unspecified atom stereocenters. The zero-order valence-electron chi connectivity index (χ0n) is 22.4. The van der Waals surface area contributed by atoms with E-state index in [2.05, 4.69) is 77.0 Å². The van der Waals surface area contributed by atoms with Crippen LogP contribution in [-0.4, -0.2) is 35.5 Å². The Balaban J connectivity index is 1.33. The molecule has 1 N–H and O–H groups in total. The number of halogens is 1. The lowest BCUT2D eigenvalue weighted by atomic mass is 9.88. The summed E-state index contributed by atoms with van der Waals surface area (Å²) in [6.45, 7) is 9.46. The normalized spacial score (nSPS) is 10.8. The molecule has 204 valence electrons. The van der Waals surface area contributed by atoms with Crippen LogP contribution in [0.4, 0.5) is 5.82 Å². The summed E-state index contributed by atoms with van der Waals surface area (Å²) in [6, 6.07) is 30.2. The van der Waals surface area contributed by atoms with Crippen molar-refractivity contribution in [2.45, 2.75) is 23.2 Å². The molecule has 4 aromatic rings. The number of hydrogen-bond acceptors (Lipinski definition) is 5. The third kappa shape index (κ3) is 8.31. The fraction of sp³-hybridized carbons (Fsp3) is 0.182. The topological polar surface area (TPSA) is 58.1 Å². The highest BCUT2D eigenvalue weighted by Gasteiger charge is 2.15. The van der Waals surface area contributed by atoms with Crippen molar-refractivity contribution in [2.75, 3.05) is 24.5 Å². The highest BCUT2D eigenvalue weighted by Crippen LogP contribution is 2.28. The van der Waals surface area contributed by atoms with Crippen molar-refractivity contribution in [3.8, 4) is 0 Å². The second-order valence-corrected chi connectivity index (χ2v) is 10.5. The van der Waals surface area contributed by atoms with Crippen LogP contribution < -0.4 is 10.2 Å². The van der Waals surface area contributed by atoms with Crippen molar-refractivity contribution in [3.05, 3.63) is 144 Å². The number of thioether (sulfide) groups is 1. The molecule has 0 saturated heterocycles. The number of amides is 1. The maximum atomic E-state index is 12.9. The minimum Gasteiger partial charge on any atom is -0.352 e. The second-order valence-electron chi connectivity index (χ2n) is 9.22. The molecule has 0 atom stereocenters. The van der Waals surface area contributed by atoms with E-state index in [-0.39, 0.29) is 11.8 Å². The van der Waals surface area contributed by atoms with Crippen LogP contribution in [0.2, 0.25) is 5.15 Å². The van der Waals surface area contributed by atoms with E-state index in [4.69, 9.17) is 11.6 Å². The number of nitrogens with one attached hydrogen (secondary N) is 1. The van der Waals surface area contributed by atoms with Gasteiger partial charge in [-0.3, -0.25) is 4.79 Å². The number of carbonyl (C=O) groups is 1. The first kappa shape index (κ1) is 29.1. The molecule has 0 saturated carbocycles. The molecule has 0 fully saturated rings. The highest BCUT2D eigenvalue weighted by atomic mass is 35.5. The van der Waals surface area contributed by atoms with Crippen LogP contribution in [-0.2, 0) is 5.75 Å². The molecule has 4 rings (SSSR count). The lowest BCUT2D eigenvalue weighted by molar-refractivity contribution is 0.0953. The Morgan fingerprint density at radius 3 is 2.08 bits per heavy atom. The zero-order chi connectivity index (χ0) is 28.2. The van der Waals surface area contributed by atoms with Crippen molar-refractivity contribution in [2.24, 2.45) is 0 Å². The molecule has 1 heterocycles. The lowest BCUT2D eigenvalue weighted by Crippen LogP contribution is -2.25. The van der Waals surface area contributed by atoms with Crippen molar-refractivity contribution in [1.82, 2.24) is 15.3 Å². The highest BCUT2D eigenvalue weighted by molar-refractivity contribution is 7.98. The van der Waals surface area contributed by atoms with Gasteiger partial charge in [-0.1, -0.05) is 108 Å². The van der Waals surface area contributed by atoms with E-state index >= 15 is 0 Å². The van der Waals surface area contributed by atoms with Crippen LogP contribution in [0.5, 0.6) is 0 Å². The van der Waals surface area contributed by atoms with Crippen LogP contribution in [0.3, 0.4) is 0 Å². The molecule has 0 bridgehead atoms. The predicted molar refractivity (Wildman–Crippen MR) is 167 cm³/mol. The zero-order valence-corrected chi connectivity index (χ0v) is 24.0. The Bertz CT molecular complexity index is 1350. The van der Waals surface area contributed by atoms with Crippen molar-refractivity contribution in [1.29, 1.82) is 0 Å². The maximum absolute atomic E-state index is 12.9. The Kier molecular flexibility index (Phi) is 11.0. The van der Waals surface area contributed by atoms with E-state index in [1.54, 1.807) is 6.07 Å². The van der Waals surface area contributed by atoms with E-state index in [9.17, 15) is 4.79 Å². The van der Waals surface area contributed by atoms with Crippen LogP contribution >= 0.6 is 23.4 Å². The minimum absolute atomic E-state index is 0.0774. The number of carbonyl (C=O) groups excluding carboxylic acids is 1. The minimum atomic E-state index is -0.0774. The molecule has 40 heavy (non-hydrogen) atoms. The first-order valence-corrected chi connectivity index (χ1v) is 14.5. The van der Waals surface area contributed by atoms with Gasteiger partial charge in [0.05, 0.1) is 0 Å². The van der Waals surface area contributed by atoms with Crippen LogP contribution in [0.15, 0.2) is 121 Å². The maximum Gasteiger partial charge on any atom is 0.251 e. The summed E-state index contributed by atoms with van der Waals surface area (Å²) >= 11 is 7.77. The molecular formula is C33H33ClN4OS. The molecule has 0 spiro atoms. The van der Waals surface area contributed by atoms with Gasteiger partial charge in [-0.05, 0) is 35.2 Å². The molecule has 1 amide bonds. The summed E-state index contributed by atoms with van der Waals surface area (Å²) in [5.41, 5.74) is 4.19. The molecule has 7 heteroatoms. The molecule has 3 aromatic carbocycles. The largest absolute Gasteiger partial charge is 0.352 e. The van der Waals surface area contributed by atoms with Crippen LogP contribution in [0.25, 0.3) is 0 Å². The van der Waals surface area contributed by atoms with E-state index in [1.807, 2.05) is 53.5 Å². The Labute approximate surface area is 246 Å². The van der Waals surface area contributed by atoms with E-state index in [1.165, 1.54) is 22.9 Å². The smallest absolute Gasteiger partial charge is 0.251 e. The first-order valence-electron chi connectivity index (χ1n) is 13.2. The van der Waals surface area contributed by atoms with Gasteiger partial charge in [-0.2, -0.15) is 0 Å². The average molecular weight is 569 g/mol. The Morgan fingerprint density at radius 2 is 1.50 bits per heavy atom. The van der Waals surface area contributed by atoms with Crippen molar-refractivity contribution >= 4 is 35.1 Å². The number of rotatable bonds is 14. The number of benzene rings is 3. The quantitative estimate of drug-likeness (QED) is 0.0736. The summed E-state index contributed by atoms with van der Waals surface area (Å²) in [4.78, 5) is 23.9. The molecule has 0 aliphatic heterocycles. The summed E-state index contributed by atoms with van der Waals surface area (Å²) in [6.07, 6.45) is 4.44. The van der Waals surface area contributed by atoms with E-state index < -0.39 is 0 Å². The van der Waals surface area contributed by atoms with Crippen molar-refractivity contribution < 1.29 is 4.79 Å². The summed E-state index contributed by atoms with van der Waals surface area (Å²) in [5.74, 6) is 1.53. The van der Waals surface area contributed by atoms with Gasteiger partial charge in [0.15, 0.2) is 5.16 Å². The summed E-state index contributed by atoms with van der Waals surface area (Å²) in [7, 11) is 0. The van der Waals surface area contributed by atoms with Gasteiger partial charge in [0.1, 0.15) is 11.0 Å². The van der Waals surface area contributed by atoms with Gasteiger partial charge >= 0.3 is 0 Å². The van der Waals surface area contributed by atoms with Gasteiger partial charge in [-0.15, -0.1) is 13.2 Å². The molecular weight excluding hydrogens is 536 g/mol. The number of hydrogen-bond donors (Lipinski definition) is 1. The van der Waals surface area contributed by atoms with Gasteiger partial charge in [-0.25, -0.2) is 9.97 Å². The summed E-state index contributed by atoms with van der Waals surface area (Å²) < 4.78 is 0. The SMILES string of the molecule is C=CCN(CC=C)c1cc(Cl)nc(SCc2ccc(C(=O)NCCC(c3ccccc3)c3ccccc3)cc2)n1. The molecule has 1 aromatic heterocycles. The van der Waals surface area contributed by atoms with Gasteiger partial charge in [0, 0.05) is 42.9 Å². The molecule has 0 aliphatic carbocycles. The first-order chi connectivity index (χ1) is 19.6. The predicted octanol–water partition coefficient (Wildman–Crippen LogP) is 7.55. The van der Waals surface area contributed by atoms with E-state index in [0.29, 0.717) is 41.3 Å². The third-order valence-corrected chi connectivity index (χ3v) is 7.50. The van der Waals surface area contributed by atoms with E-state index in [0.717, 1.165) is 17.8 Å². The Hall–Kier alpha value is -3.87. The van der Waals surface area contributed by atoms with Crippen molar-refractivity contribution in [3.63, 3.8) is 0 Å². The number of anilines is 1. The van der Waals surface area contributed by atoms with Gasteiger partial charge < -0.3 is 10.2 Å². The second kappa shape index (κ2) is 15.1. The van der Waals surface area contributed by atoms with Crippen LogP contribution in [0, 0.1) is 0 Å². The Morgan fingerprint density at radius 1 is 0.900 bits per heavy atom. The molecule has 5 nitrogen and oxygen atoms in total. The third-order valence-electron chi connectivity index (χ3n) is 6.39. The summed E-state index contributed by atoms with van der Waals surface area (Å²) in [5, 5.41) is 4.07. The number of aromatic nitrogens is 2. The van der Waals surface area contributed by atoms with Gasteiger partial charge in [0.2, 0.25) is 0 Å².